The first-order valence-electron chi connectivity index (χ1n) is 29.2. The highest BCUT2D eigenvalue weighted by Gasteiger charge is 2.64. The fourth-order valence-corrected chi connectivity index (χ4v) is 10.2. The lowest BCUT2D eigenvalue weighted by atomic mass is 9.49. The van der Waals surface area contributed by atoms with Gasteiger partial charge in [-0.25, -0.2) is 0 Å². The first kappa shape index (κ1) is 76.1. The molecule has 5 aromatic heterocycles. The molecule has 0 bridgehead atoms. The Morgan fingerprint density at radius 2 is 0.826 bits per heavy atom. The SMILES string of the molecule is C.C.CC1(C)OB(B2OC(C)(C)C(C)(C)O2)OC1(C)C.CC1(C)OB(c2cc(N)c(=O)n(Cc3ccccc3)c2)OC1(C)C.Cc1onc(CO)c1-c1cc(N)c(=O)n(Cc2ccccc2)c1.Cc1onc(CO)c1I.Nc1cc(Br)cn(Cc2ccccc2)c1=O. The van der Waals surface area contributed by atoms with E-state index in [1.54, 1.807) is 57.4 Å². The largest absolute Gasteiger partial charge is 0.496 e. The minimum Gasteiger partial charge on any atom is -0.405 e. The zero-order valence-corrected chi connectivity index (χ0v) is 57.2. The predicted molar refractivity (Wildman–Crippen MR) is 377 cm³/mol. The lowest BCUT2D eigenvalue weighted by Crippen LogP contribution is -2.41. The van der Waals surface area contributed by atoms with Crippen molar-refractivity contribution < 1.29 is 47.2 Å². The van der Waals surface area contributed by atoms with Gasteiger partial charge in [0.25, 0.3) is 16.7 Å². The number of hydrogen-bond donors (Lipinski definition) is 5. The lowest BCUT2D eigenvalue weighted by molar-refractivity contribution is 0.00578. The number of nitrogens with two attached hydrogens (primary N) is 3. The molecule has 11 rings (SSSR count). The first-order chi connectivity index (χ1) is 42.1. The van der Waals surface area contributed by atoms with E-state index in [4.69, 9.17) is 59.3 Å². The average molecular weight is 1440 g/mol. The van der Waals surface area contributed by atoms with E-state index in [2.05, 4.69) is 48.8 Å². The van der Waals surface area contributed by atoms with Crippen LogP contribution in [0.4, 0.5) is 17.1 Å². The van der Waals surface area contributed by atoms with E-state index in [0.717, 1.165) is 36.0 Å². The van der Waals surface area contributed by atoms with E-state index >= 15 is 0 Å². The van der Waals surface area contributed by atoms with Gasteiger partial charge in [-0.1, -0.05) is 116 Å². The van der Waals surface area contributed by atoms with Crippen LogP contribution in [0.15, 0.2) is 156 Å². The minimum absolute atomic E-state index is 0. The van der Waals surface area contributed by atoms with Crippen LogP contribution in [-0.2, 0) is 60.8 Å². The molecule has 8 heterocycles. The van der Waals surface area contributed by atoms with Crippen LogP contribution < -0.4 is 39.3 Å². The third-order valence-electron chi connectivity index (χ3n) is 16.6. The molecule has 494 valence electrons. The highest BCUT2D eigenvalue weighted by molar-refractivity contribution is 14.1. The topological polar surface area (TPSA) is 292 Å². The average Bonchev–Trinajstić information content (AvgIpc) is 1.60. The van der Waals surface area contributed by atoms with Crippen LogP contribution in [0.2, 0.25) is 0 Å². The maximum absolute atomic E-state index is 12.4. The molecule has 0 aliphatic carbocycles. The summed E-state index contributed by atoms with van der Waals surface area (Å²) in [5.74, 6) is 1.33. The molecular weight excluding hydrogens is 1350 g/mol. The normalized spacial score (nSPS) is 16.7. The van der Waals surface area contributed by atoms with Gasteiger partial charge >= 0.3 is 21.1 Å². The number of aryl methyl sites for hydroxylation is 2. The van der Waals surface area contributed by atoms with Crippen molar-refractivity contribution in [3.05, 3.63) is 206 Å². The van der Waals surface area contributed by atoms with Gasteiger partial charge in [0.2, 0.25) is 0 Å². The second-order valence-corrected chi connectivity index (χ2v) is 27.0. The second kappa shape index (κ2) is 31.1. The summed E-state index contributed by atoms with van der Waals surface area (Å²) in [6.45, 7) is 28.9. The maximum Gasteiger partial charge on any atom is 0.496 e. The smallest absolute Gasteiger partial charge is 0.405 e. The molecule has 8 N–H and O–H groups in total. The summed E-state index contributed by atoms with van der Waals surface area (Å²) in [4.78, 5) is 36.4. The molecule has 0 radical (unpaired) electrons. The lowest BCUT2D eigenvalue weighted by Gasteiger charge is -2.32. The van der Waals surface area contributed by atoms with Gasteiger partial charge in [0.05, 0.1) is 92.7 Å². The van der Waals surface area contributed by atoms with Crippen LogP contribution in [0.1, 0.15) is 138 Å². The number of nitrogen functional groups attached to an aromatic ring is 3. The molecule has 3 fully saturated rings. The monoisotopic (exact) mass is 1440 g/mol. The van der Waals surface area contributed by atoms with Gasteiger partial charge in [-0.2, -0.15) is 0 Å². The fraction of sp³-hybridized carbons (Fsp3) is 0.409. The number of anilines is 3. The van der Waals surface area contributed by atoms with Gasteiger partial charge in [0, 0.05) is 34.1 Å². The van der Waals surface area contributed by atoms with E-state index < -0.39 is 32.3 Å². The van der Waals surface area contributed by atoms with Gasteiger partial charge in [0.1, 0.15) is 22.9 Å². The summed E-state index contributed by atoms with van der Waals surface area (Å²) < 4.78 is 52.3. The fourth-order valence-electron chi connectivity index (χ4n) is 9.30. The second-order valence-electron chi connectivity index (χ2n) is 25.0. The summed E-state index contributed by atoms with van der Waals surface area (Å²) in [5.41, 5.74) is 21.3. The molecule has 21 nitrogen and oxygen atoms in total. The number of rotatable bonds is 11. The minimum atomic E-state index is -0.542. The van der Waals surface area contributed by atoms with Crippen molar-refractivity contribution in [2.75, 3.05) is 17.2 Å². The Balaban J connectivity index is 0.000000213. The van der Waals surface area contributed by atoms with E-state index in [1.165, 1.54) is 0 Å². The highest BCUT2D eigenvalue weighted by atomic mass is 127. The van der Waals surface area contributed by atoms with Gasteiger partial charge in [-0.05, 0) is 170 Å². The molecule has 3 aromatic carbocycles. The van der Waals surface area contributed by atoms with Crippen LogP contribution in [0, 0.1) is 17.4 Å². The Morgan fingerprint density at radius 1 is 0.489 bits per heavy atom. The number of aliphatic hydroxyl groups excluding tert-OH is 2. The van der Waals surface area contributed by atoms with Gasteiger partial charge in [-0.15, -0.1) is 0 Å². The third-order valence-corrected chi connectivity index (χ3v) is 18.4. The standard InChI is InChI=1S/C18H23BN2O3.C17H17N3O3.C12H24B2O4.C12H11BrN2O.C5H6INO2.2CH4/c1-17(2)18(3,4)24-19(23-17)14-10-15(20)16(22)21(12-14)11-13-8-6-5-7-9-13;1-11-16(15(10-21)19-23-11)13-7-14(18)17(22)20(9-13)8-12-5-3-2-4-6-12;1-9(2)10(3,4)16-13(15-9)14-17-11(5,6)12(7,8)18-14;13-10-6-11(14)12(16)15(8-10)7-9-4-2-1-3-5-9;1-3-5(6)4(2-8)7-9-3;;/h5-10,12H,11,20H2,1-4H3;2-7,9,21H,8,10,18H2,1H3;1-8H3;1-6,8H,7,14H2;8H,2H2,1H3;2*1H4. The Morgan fingerprint density at radius 3 is 1.20 bits per heavy atom. The molecule has 0 amide bonds. The Kier molecular flexibility index (Phi) is 25.7. The van der Waals surface area contributed by atoms with E-state index in [9.17, 15) is 19.5 Å². The first-order valence-corrected chi connectivity index (χ1v) is 31.1. The van der Waals surface area contributed by atoms with Crippen molar-refractivity contribution in [3.63, 3.8) is 0 Å². The number of nitrogens with zero attached hydrogens (tertiary/aromatic N) is 5. The highest BCUT2D eigenvalue weighted by Crippen LogP contribution is 2.43. The molecule has 3 aliphatic heterocycles. The van der Waals surface area contributed by atoms with Gasteiger partial charge < -0.3 is 78.1 Å². The number of aromatic nitrogens is 5. The van der Waals surface area contributed by atoms with E-state index in [-0.39, 0.29) is 84.2 Å². The van der Waals surface area contributed by atoms with Crippen molar-refractivity contribution in [3.8, 4) is 11.1 Å². The van der Waals surface area contributed by atoms with Crippen molar-refractivity contribution in [2.24, 2.45) is 0 Å². The van der Waals surface area contributed by atoms with Crippen molar-refractivity contribution in [1.82, 2.24) is 24.0 Å². The molecule has 0 atom stereocenters. The number of pyridine rings is 3. The number of benzene rings is 3. The molecule has 3 saturated heterocycles. The van der Waals surface area contributed by atoms with Crippen molar-refractivity contribution in [2.45, 2.75) is 178 Å². The van der Waals surface area contributed by atoms with Crippen molar-refractivity contribution >= 4 is 82.2 Å². The summed E-state index contributed by atoms with van der Waals surface area (Å²) in [7, 11) is -1.49. The summed E-state index contributed by atoms with van der Waals surface area (Å²) in [6.07, 6.45) is 5.23. The van der Waals surface area contributed by atoms with Gasteiger partial charge in [0.15, 0.2) is 0 Å². The summed E-state index contributed by atoms with van der Waals surface area (Å²) in [5, 5.41) is 25.4. The molecule has 8 aromatic rings. The van der Waals surface area contributed by atoms with Crippen LogP contribution in [0.5, 0.6) is 0 Å². The van der Waals surface area contributed by atoms with Crippen LogP contribution >= 0.6 is 38.5 Å². The van der Waals surface area contributed by atoms with Gasteiger partial charge in [-0.3, -0.25) is 14.4 Å². The molecular formula is C66H89B3BrIN8O13. The maximum atomic E-state index is 12.4. The van der Waals surface area contributed by atoms with Crippen LogP contribution in [-0.4, -0.2) is 89.0 Å². The Bertz CT molecular complexity index is 3830. The predicted octanol–water partition coefficient (Wildman–Crippen LogP) is 10.6. The summed E-state index contributed by atoms with van der Waals surface area (Å²) in [6, 6.07) is 34.1. The number of aliphatic hydroxyl groups is 2. The van der Waals surface area contributed by atoms with Crippen LogP contribution in [0.3, 0.4) is 0 Å². The molecule has 0 saturated carbocycles. The summed E-state index contributed by atoms with van der Waals surface area (Å²) >= 11 is 5.40. The molecule has 0 spiro atoms. The van der Waals surface area contributed by atoms with E-state index in [1.807, 2.05) is 181 Å². The number of halogens is 2. The van der Waals surface area contributed by atoms with E-state index in [0.29, 0.717) is 47.9 Å². The van der Waals surface area contributed by atoms with Crippen molar-refractivity contribution in [1.29, 1.82) is 0 Å². The molecule has 26 heteroatoms. The Labute approximate surface area is 562 Å². The third kappa shape index (κ3) is 18.2. The Hall–Kier alpha value is -6.59. The molecule has 92 heavy (non-hydrogen) atoms. The zero-order valence-electron chi connectivity index (χ0n) is 53.5. The zero-order chi connectivity index (χ0) is 66.3. The van der Waals surface area contributed by atoms with Crippen LogP contribution in [0.25, 0.3) is 11.1 Å². The molecule has 3 aliphatic rings. The quantitative estimate of drug-likeness (QED) is 0.0594. The number of hydrogen-bond acceptors (Lipinski definition) is 18. The molecule has 0 unspecified atom stereocenters.